The number of para-hydroxylation sites is 2. The Morgan fingerprint density at radius 3 is 2.26 bits per heavy atom. The van der Waals surface area contributed by atoms with E-state index < -0.39 is 6.10 Å². The lowest BCUT2D eigenvalue weighted by Crippen LogP contribution is -2.10. The quantitative estimate of drug-likeness (QED) is 0.909. The van der Waals surface area contributed by atoms with Crippen molar-refractivity contribution in [3.63, 3.8) is 0 Å². The minimum absolute atomic E-state index is 0.439. The van der Waals surface area contributed by atoms with Gasteiger partial charge < -0.3 is 14.7 Å². The molecule has 0 amide bonds. The standard InChI is InChI=1S/C16H19NO2/c1-12(18)13-8-10-14(11-9-13)17(2)15-6-4-5-7-16(15)19-3/h4-12,18H,1-3H3. The van der Waals surface area contributed by atoms with Crippen molar-refractivity contribution in [2.75, 3.05) is 19.1 Å². The van der Waals surface area contributed by atoms with E-state index in [9.17, 15) is 5.11 Å². The van der Waals surface area contributed by atoms with Crippen LogP contribution in [0.5, 0.6) is 5.75 Å². The highest BCUT2D eigenvalue weighted by molar-refractivity contribution is 5.68. The van der Waals surface area contributed by atoms with Gasteiger partial charge in [0, 0.05) is 12.7 Å². The Hall–Kier alpha value is -2.00. The van der Waals surface area contributed by atoms with Crippen LogP contribution in [0.1, 0.15) is 18.6 Å². The van der Waals surface area contributed by atoms with Crippen molar-refractivity contribution < 1.29 is 9.84 Å². The molecule has 0 aromatic heterocycles. The molecule has 100 valence electrons. The molecule has 0 fully saturated rings. The zero-order chi connectivity index (χ0) is 13.8. The van der Waals surface area contributed by atoms with Gasteiger partial charge in [-0.25, -0.2) is 0 Å². The molecular formula is C16H19NO2. The van der Waals surface area contributed by atoms with Gasteiger partial charge in [-0.2, -0.15) is 0 Å². The Morgan fingerprint density at radius 2 is 1.68 bits per heavy atom. The molecule has 2 rings (SSSR count). The van der Waals surface area contributed by atoms with Gasteiger partial charge in [0.1, 0.15) is 5.75 Å². The Morgan fingerprint density at radius 1 is 1.05 bits per heavy atom. The fraction of sp³-hybridized carbons (Fsp3) is 0.250. The minimum Gasteiger partial charge on any atom is -0.495 e. The smallest absolute Gasteiger partial charge is 0.142 e. The number of anilines is 2. The van der Waals surface area contributed by atoms with Crippen molar-refractivity contribution >= 4 is 11.4 Å². The topological polar surface area (TPSA) is 32.7 Å². The van der Waals surface area contributed by atoms with E-state index in [1.54, 1.807) is 14.0 Å². The van der Waals surface area contributed by atoms with E-state index in [1.807, 2.05) is 55.6 Å². The number of methoxy groups -OCH3 is 1. The summed E-state index contributed by atoms with van der Waals surface area (Å²) in [5, 5.41) is 9.52. The van der Waals surface area contributed by atoms with Gasteiger partial charge in [-0.3, -0.25) is 0 Å². The summed E-state index contributed by atoms with van der Waals surface area (Å²) >= 11 is 0. The highest BCUT2D eigenvalue weighted by Crippen LogP contribution is 2.32. The normalized spacial score (nSPS) is 12.0. The summed E-state index contributed by atoms with van der Waals surface area (Å²) in [4.78, 5) is 2.06. The Bertz CT molecular complexity index is 535. The third-order valence-electron chi connectivity index (χ3n) is 3.21. The molecule has 0 saturated carbocycles. The van der Waals surface area contributed by atoms with Gasteiger partial charge in [-0.15, -0.1) is 0 Å². The first-order valence-electron chi connectivity index (χ1n) is 6.28. The van der Waals surface area contributed by atoms with Crippen LogP contribution in [0.4, 0.5) is 11.4 Å². The van der Waals surface area contributed by atoms with Gasteiger partial charge in [0.2, 0.25) is 0 Å². The van der Waals surface area contributed by atoms with Gasteiger partial charge >= 0.3 is 0 Å². The molecule has 2 aromatic carbocycles. The number of nitrogens with zero attached hydrogens (tertiary/aromatic N) is 1. The van der Waals surface area contributed by atoms with Gasteiger partial charge in [0.25, 0.3) is 0 Å². The van der Waals surface area contributed by atoms with E-state index in [0.29, 0.717) is 0 Å². The van der Waals surface area contributed by atoms with Crippen molar-refractivity contribution in [2.45, 2.75) is 13.0 Å². The molecule has 0 aliphatic rings. The van der Waals surface area contributed by atoms with Crippen LogP contribution >= 0.6 is 0 Å². The second-order valence-electron chi connectivity index (χ2n) is 4.50. The summed E-state index contributed by atoms with van der Waals surface area (Å²) in [5.74, 6) is 0.838. The van der Waals surface area contributed by atoms with Crippen LogP contribution in [0.15, 0.2) is 48.5 Å². The van der Waals surface area contributed by atoms with Gasteiger partial charge in [-0.1, -0.05) is 24.3 Å². The zero-order valence-corrected chi connectivity index (χ0v) is 11.5. The van der Waals surface area contributed by atoms with E-state index >= 15 is 0 Å². The number of aliphatic hydroxyl groups excluding tert-OH is 1. The van der Waals surface area contributed by atoms with Gasteiger partial charge in [0.15, 0.2) is 0 Å². The number of aliphatic hydroxyl groups is 1. The number of hydrogen-bond acceptors (Lipinski definition) is 3. The lowest BCUT2D eigenvalue weighted by molar-refractivity contribution is 0.199. The molecule has 0 radical (unpaired) electrons. The van der Waals surface area contributed by atoms with E-state index in [4.69, 9.17) is 4.74 Å². The molecule has 1 N–H and O–H groups in total. The largest absolute Gasteiger partial charge is 0.495 e. The average Bonchev–Trinajstić information content (AvgIpc) is 2.46. The highest BCUT2D eigenvalue weighted by Gasteiger charge is 2.09. The summed E-state index contributed by atoms with van der Waals surface area (Å²) in [7, 11) is 3.67. The van der Waals surface area contributed by atoms with Crippen LogP contribution in [0, 0.1) is 0 Å². The Balaban J connectivity index is 2.30. The van der Waals surface area contributed by atoms with E-state index in [1.165, 1.54) is 0 Å². The molecule has 0 aliphatic carbocycles. The monoisotopic (exact) mass is 257 g/mol. The first-order valence-corrected chi connectivity index (χ1v) is 6.28. The van der Waals surface area contributed by atoms with Crippen molar-refractivity contribution in [1.82, 2.24) is 0 Å². The first kappa shape index (κ1) is 13.4. The maximum atomic E-state index is 9.52. The highest BCUT2D eigenvalue weighted by atomic mass is 16.5. The SMILES string of the molecule is COc1ccccc1N(C)c1ccc(C(C)O)cc1. The lowest BCUT2D eigenvalue weighted by atomic mass is 10.1. The fourth-order valence-electron chi connectivity index (χ4n) is 2.02. The molecule has 0 aliphatic heterocycles. The lowest BCUT2D eigenvalue weighted by Gasteiger charge is -2.22. The van der Waals surface area contributed by atoms with E-state index in [0.717, 1.165) is 22.7 Å². The van der Waals surface area contributed by atoms with Gasteiger partial charge in [-0.05, 0) is 36.8 Å². The number of ether oxygens (including phenoxy) is 1. The van der Waals surface area contributed by atoms with Crippen LogP contribution in [0.2, 0.25) is 0 Å². The van der Waals surface area contributed by atoms with Crippen molar-refractivity contribution in [3.8, 4) is 5.75 Å². The molecule has 3 nitrogen and oxygen atoms in total. The summed E-state index contributed by atoms with van der Waals surface area (Å²) in [6.07, 6.45) is -0.439. The van der Waals surface area contributed by atoms with E-state index in [-0.39, 0.29) is 0 Å². The first-order chi connectivity index (χ1) is 9.13. The predicted octanol–water partition coefficient (Wildman–Crippen LogP) is 3.52. The van der Waals surface area contributed by atoms with Crippen LogP contribution in [-0.4, -0.2) is 19.3 Å². The van der Waals surface area contributed by atoms with Crippen LogP contribution in [0.25, 0.3) is 0 Å². The maximum Gasteiger partial charge on any atom is 0.142 e. The summed E-state index contributed by atoms with van der Waals surface area (Å²) in [5.41, 5.74) is 2.97. The zero-order valence-electron chi connectivity index (χ0n) is 11.5. The molecule has 0 saturated heterocycles. The molecular weight excluding hydrogens is 238 g/mol. The Labute approximate surface area is 114 Å². The summed E-state index contributed by atoms with van der Waals surface area (Å²) < 4.78 is 5.37. The molecule has 2 aromatic rings. The van der Waals surface area contributed by atoms with Gasteiger partial charge in [0.05, 0.1) is 18.9 Å². The van der Waals surface area contributed by atoms with Crippen LogP contribution < -0.4 is 9.64 Å². The Kier molecular flexibility index (Phi) is 4.07. The summed E-state index contributed by atoms with van der Waals surface area (Å²) in [6, 6.07) is 15.8. The molecule has 1 atom stereocenters. The van der Waals surface area contributed by atoms with E-state index in [2.05, 4.69) is 4.90 Å². The second-order valence-corrected chi connectivity index (χ2v) is 4.50. The maximum absolute atomic E-state index is 9.52. The number of hydrogen-bond donors (Lipinski definition) is 1. The average molecular weight is 257 g/mol. The molecule has 0 spiro atoms. The number of benzene rings is 2. The minimum atomic E-state index is -0.439. The number of rotatable bonds is 4. The van der Waals surface area contributed by atoms with Crippen molar-refractivity contribution in [2.24, 2.45) is 0 Å². The third kappa shape index (κ3) is 2.88. The molecule has 0 heterocycles. The van der Waals surface area contributed by atoms with Crippen molar-refractivity contribution in [1.29, 1.82) is 0 Å². The molecule has 0 bridgehead atoms. The van der Waals surface area contributed by atoms with Crippen molar-refractivity contribution in [3.05, 3.63) is 54.1 Å². The molecule has 1 unspecified atom stereocenters. The third-order valence-corrected chi connectivity index (χ3v) is 3.21. The summed E-state index contributed by atoms with van der Waals surface area (Å²) in [6.45, 7) is 1.76. The molecule has 19 heavy (non-hydrogen) atoms. The molecule has 3 heteroatoms. The van der Waals surface area contributed by atoms with Crippen LogP contribution in [-0.2, 0) is 0 Å². The van der Waals surface area contributed by atoms with Crippen LogP contribution in [0.3, 0.4) is 0 Å². The second kappa shape index (κ2) is 5.76. The fourth-order valence-corrected chi connectivity index (χ4v) is 2.02. The predicted molar refractivity (Wildman–Crippen MR) is 78.1 cm³/mol.